The van der Waals surface area contributed by atoms with Gasteiger partial charge in [-0.05, 0) is 0 Å². The molecular weight excluding hydrogens is 1960 g/mol. The Labute approximate surface area is 808 Å². The first-order valence-electron chi connectivity index (χ1n) is 45.3. The lowest BCUT2D eigenvalue weighted by Gasteiger charge is -2.51. The minimum absolute atomic E-state index is 0.830. The van der Waals surface area contributed by atoms with Gasteiger partial charge in [-0.2, -0.15) is 0 Å². The first kappa shape index (κ1) is 118. The summed E-state index contributed by atoms with van der Waals surface area (Å²) in [5.41, 5.74) is 0. The second-order valence-corrected chi connectivity index (χ2v) is 35.9. The van der Waals surface area contributed by atoms with Gasteiger partial charge in [-0.1, -0.05) is 0 Å². The Kier molecular flexibility index (Phi) is 42.3. The molecule has 1 unspecified atom stereocenters. The molecule has 0 spiro atoms. The summed E-state index contributed by atoms with van der Waals surface area (Å²) in [4.78, 5) is 77.6. The highest BCUT2D eigenvalue weighted by Gasteiger charge is 2.65. The lowest BCUT2D eigenvalue weighted by atomic mass is 9.88. The Morgan fingerprint density at radius 2 is 0.566 bits per heavy atom. The molecule has 0 bridgehead atoms. The van der Waals surface area contributed by atoms with Gasteiger partial charge in [0, 0.05) is 41.0 Å². The van der Waals surface area contributed by atoms with E-state index in [0.29, 0.717) is 0 Å². The third kappa shape index (κ3) is 26.0. The molecule has 0 aromatic heterocycles. The minimum Gasteiger partial charge on any atom is -0.477 e. The Morgan fingerprint density at radius 1 is 0.287 bits per heavy atom. The highest BCUT2D eigenvalue weighted by molar-refractivity contribution is 5.77. The van der Waals surface area contributed by atoms with E-state index in [-0.39, 0.29) is 0 Å². The summed E-state index contributed by atoms with van der Waals surface area (Å²) in [5, 5.41) is 372. The van der Waals surface area contributed by atoms with Crippen LogP contribution in [0.2, 0.25) is 0 Å². The van der Waals surface area contributed by atoms with Gasteiger partial charge in [-0.25, -0.2) is 4.79 Å². The second kappa shape index (κ2) is 51.2. The molecule has 11 aliphatic heterocycles. The summed E-state index contributed by atoms with van der Waals surface area (Å²) in [6.45, 7) is -8.76. The molecule has 0 saturated carbocycles. The molecule has 11 saturated heterocycles. The first-order valence-corrected chi connectivity index (χ1v) is 45.3. The summed E-state index contributed by atoms with van der Waals surface area (Å²) in [5.74, 6) is -10.4. The van der Waals surface area contributed by atoms with Crippen molar-refractivity contribution in [2.75, 3.05) is 72.7 Å². The van der Waals surface area contributed by atoms with Gasteiger partial charge in [0.1, 0.15) is 262 Å². The van der Waals surface area contributed by atoms with Gasteiger partial charge in [-0.3, -0.25) is 24.0 Å². The van der Waals surface area contributed by atoms with Gasteiger partial charge < -0.3 is 289 Å². The molecule has 56 atom stereocenters. The molecule has 11 fully saturated rings. The van der Waals surface area contributed by atoms with Gasteiger partial charge in [0.15, 0.2) is 62.9 Å². The van der Waals surface area contributed by atoms with Crippen molar-refractivity contribution in [3.05, 3.63) is 0 Å². The predicted octanol–water partition coefficient (Wildman–Crippen LogP) is -25.1. The lowest BCUT2D eigenvalue weighted by molar-refractivity contribution is -0.400. The van der Waals surface area contributed by atoms with Gasteiger partial charge >= 0.3 is 5.97 Å². The molecule has 5 amide bonds. The SMILES string of the molecule is CC(=O)N[C@H]1[C@H](O[C@H]2[C@H](O)[C@@H](NC(C)=O)C(O)O[C@@H]2CO)O[C@H](CO)[C@@H](O[C@@H]2O[C@H](CO[C@H]3O[C@H](CO)[C@@H](O)[C@H](O)[C@@H]3O[C@@H]3O[C@H](CO)[C@@H](O[C@@H]4O[C@H](CO)[C@H](O)[C@H](O[C@]5(C(=O)O)C[C@H](O)[C@@H](NC(C)=O)[C@H]([C@H](O)[C@H](O)CO)O5)[C@H]4O)[C@H](O)[C@H]3NC(C)=O)[C@@H](O)[C@H](O[C@H]3O[C@H](CO)[C@@H](O)[C@H](O)[C@@H]3O[C@@H]3O[C@H](CO)[C@@H](O[C@@H]4O[C@H](CO)[C@H](O)[C@H](O[C@H]5O[C@H](CO)[C@H](O)[C@H](O)[C@H]5O)[C@H]4O)[C@H](O)[C@H]3NC(C)=O)[C@@H]2O)[C@@H]1O. The third-order valence-electron chi connectivity index (χ3n) is 26.0. The van der Waals surface area contributed by atoms with Crippen molar-refractivity contribution in [1.29, 1.82) is 0 Å². The molecule has 37 N–H and O–H groups in total. The van der Waals surface area contributed by atoms with Crippen LogP contribution in [0.4, 0.5) is 0 Å². The van der Waals surface area contributed by atoms with Crippen LogP contribution in [-0.2, 0) is 128 Å². The number of ether oxygens (including phenoxy) is 21. The van der Waals surface area contributed by atoms with Crippen LogP contribution >= 0.6 is 0 Å². The van der Waals surface area contributed by atoms with Crippen LogP contribution in [0.3, 0.4) is 0 Å². The summed E-state index contributed by atoms with van der Waals surface area (Å²) in [7, 11) is 0. The second-order valence-electron chi connectivity index (χ2n) is 35.9. The zero-order valence-electron chi connectivity index (χ0n) is 76.6. The summed E-state index contributed by atoms with van der Waals surface area (Å²) >= 11 is 0. The Hall–Kier alpha value is -5.26. The summed E-state index contributed by atoms with van der Waals surface area (Å²) < 4.78 is 125. The van der Waals surface area contributed by atoms with Crippen LogP contribution in [0.5, 0.6) is 0 Å². The number of aliphatic hydroxyl groups excluding tert-OH is 31. The topological polar surface area (TPSA) is 1000 Å². The van der Waals surface area contributed by atoms with Crippen molar-refractivity contribution in [3.8, 4) is 0 Å². The molecule has 826 valence electrons. The van der Waals surface area contributed by atoms with Crippen molar-refractivity contribution in [3.63, 3.8) is 0 Å². The van der Waals surface area contributed by atoms with Crippen molar-refractivity contribution in [2.24, 2.45) is 0 Å². The quantitative estimate of drug-likeness (QED) is 0.0272. The fourth-order valence-electron chi connectivity index (χ4n) is 18.5. The van der Waals surface area contributed by atoms with Crippen LogP contribution in [0, 0.1) is 0 Å². The number of rotatable bonds is 39. The van der Waals surface area contributed by atoms with Gasteiger partial charge in [0.25, 0.3) is 5.79 Å². The van der Waals surface area contributed by atoms with Crippen molar-refractivity contribution >= 4 is 35.5 Å². The Morgan fingerprint density at radius 3 is 0.951 bits per heavy atom. The molecule has 11 rings (SSSR count). The monoisotopic (exact) mass is 2090 g/mol. The van der Waals surface area contributed by atoms with E-state index in [2.05, 4.69) is 26.6 Å². The lowest BCUT2D eigenvalue weighted by Crippen LogP contribution is -2.71. The average molecular weight is 2090 g/mol. The fraction of sp³-hybridized carbons (Fsp3) is 0.924. The van der Waals surface area contributed by atoms with Crippen LogP contribution < -0.4 is 26.6 Å². The van der Waals surface area contributed by atoms with Gasteiger partial charge in [0.2, 0.25) is 29.5 Å². The molecule has 11 heterocycles. The maximum absolute atomic E-state index is 13.3. The maximum Gasteiger partial charge on any atom is 0.364 e. The number of carbonyl (C=O) groups is 6. The number of amides is 5. The van der Waals surface area contributed by atoms with Crippen LogP contribution in [0.15, 0.2) is 0 Å². The Bertz CT molecular complexity index is 4030. The fourth-order valence-corrected chi connectivity index (χ4v) is 18.5. The van der Waals surface area contributed by atoms with Crippen LogP contribution in [0.25, 0.3) is 0 Å². The number of hydrogen-bond acceptors (Lipinski definition) is 58. The maximum atomic E-state index is 13.3. The van der Waals surface area contributed by atoms with Crippen molar-refractivity contribution in [1.82, 2.24) is 26.6 Å². The number of carboxylic acid groups (broad SMARTS) is 1. The van der Waals surface area contributed by atoms with Crippen LogP contribution in [-0.4, -0.2) is 615 Å². The molecule has 0 aromatic rings. The Balaban J connectivity index is 0.903. The van der Waals surface area contributed by atoms with Crippen molar-refractivity contribution in [2.45, 2.75) is 384 Å². The average Bonchev–Trinajstić information content (AvgIpc) is 0.738. The van der Waals surface area contributed by atoms with E-state index in [1.165, 1.54) is 0 Å². The highest BCUT2D eigenvalue weighted by Crippen LogP contribution is 2.44. The smallest absolute Gasteiger partial charge is 0.364 e. The van der Waals surface area contributed by atoms with Crippen molar-refractivity contribution < 1.29 is 292 Å². The van der Waals surface area contributed by atoms with E-state index in [1.807, 2.05) is 0 Å². The molecule has 0 aliphatic carbocycles. The van der Waals surface area contributed by atoms with E-state index >= 15 is 0 Å². The number of aliphatic hydroxyl groups is 31. The van der Waals surface area contributed by atoms with Gasteiger partial charge in [0.05, 0.1) is 84.8 Å². The molecule has 64 heteroatoms. The summed E-state index contributed by atoms with van der Waals surface area (Å²) in [6.07, 6.45) is -113. The van der Waals surface area contributed by atoms with E-state index in [0.717, 1.165) is 34.6 Å². The first-order chi connectivity index (χ1) is 67.5. The van der Waals surface area contributed by atoms with Crippen LogP contribution in [0.1, 0.15) is 41.0 Å². The number of hydrogen-bond donors (Lipinski definition) is 37. The van der Waals surface area contributed by atoms with E-state index in [9.17, 15) is 192 Å². The molecule has 11 aliphatic rings. The highest BCUT2D eigenvalue weighted by atomic mass is 16.8. The number of carboxylic acids is 1. The molecular formula is C79H131N5O59. The standard InChI is InChI=1S/C79H131N5O59/c1-18(95)80-35-23(100)6-79(78(121)122,142-62(35)40(102)24(101)7-85)143-65-45(107)29(12-90)127-75(57(65)119)137-61-33(16-94)131-70(38(49(61)111)83-21(4)98)140-66-52(114)42(104)26(9-87)128-76(66)123-17-34-46(108)64(56(118)74(133-34)136-60-31(14-92)130-69(37(48(60)110)82-20(3)97)134-58-30(13-91)124-68(120)36(47(58)109)81-19(2)96)139-77-67(53(115)43(105)27(10-88)129-77)141-71-39(84-22(5)99)50(112)59(32(15-93)132-71)135-73-55(117)63(44(106)28(11-89)126-73)138-72-54(116)51(113)41(103)25(8-86)125-72/h23-77,85-94,100-120H,6-17H2,1-5H3,(H,80,95)(H,81,96)(H,82,97)(H,83,98)(H,84,99)(H,121,122)/t23-,24+,25+,26+,27+,28+,29+,30+,31+,32+,33+,34+,35+,36+,37+,38+,39+,40+,41-,42+,43+,44-,45-,46+,47+,48+,49+,50+,51-,52-,53-,54+,55+,56-,57+,58+,59+,60+,61+,62+,63-,64-,65-,66-,67-,68?,69-,70-,71-,72+,73-,74-,75-,76-,77+,79-/m0/s1. The summed E-state index contributed by atoms with van der Waals surface area (Å²) in [6, 6.07) is -9.73. The predicted molar refractivity (Wildman–Crippen MR) is 438 cm³/mol. The largest absolute Gasteiger partial charge is 0.477 e. The zero-order chi connectivity index (χ0) is 106. The molecule has 64 nitrogen and oxygen atoms in total. The number of aliphatic carboxylic acids is 1. The number of nitrogens with one attached hydrogen (secondary N) is 5. The molecule has 0 radical (unpaired) electrons. The number of carbonyl (C=O) groups excluding carboxylic acids is 5. The normalized spacial score (nSPS) is 47.8. The minimum atomic E-state index is -3.33. The molecule has 0 aromatic carbocycles. The zero-order valence-corrected chi connectivity index (χ0v) is 76.6. The molecule has 143 heavy (non-hydrogen) atoms. The van der Waals surface area contributed by atoms with E-state index < -0.39 is 458 Å². The van der Waals surface area contributed by atoms with Gasteiger partial charge in [-0.15, -0.1) is 0 Å². The third-order valence-corrected chi connectivity index (χ3v) is 26.0. The van der Waals surface area contributed by atoms with E-state index in [1.54, 1.807) is 0 Å². The van der Waals surface area contributed by atoms with E-state index in [4.69, 9.17) is 99.5 Å².